The largest absolute Gasteiger partial charge is 0.274 e. The fourth-order valence-corrected chi connectivity index (χ4v) is 2.65. The van der Waals surface area contributed by atoms with Gasteiger partial charge in [-0.05, 0) is 6.92 Å². The Bertz CT molecular complexity index is 977. The van der Waals surface area contributed by atoms with Crippen LogP contribution >= 0.6 is 0 Å². The van der Waals surface area contributed by atoms with Gasteiger partial charge in [0.1, 0.15) is 12.0 Å². The highest BCUT2D eigenvalue weighted by molar-refractivity contribution is 6.13. The fourth-order valence-electron chi connectivity index (χ4n) is 2.65. The molecule has 0 fully saturated rings. The number of hydrogen-bond acceptors (Lipinski definition) is 4. The molecule has 0 unspecified atom stereocenters. The number of imidazole rings is 1. The summed E-state index contributed by atoms with van der Waals surface area (Å²) < 4.78 is 1.79. The van der Waals surface area contributed by atoms with E-state index in [1.807, 2.05) is 49.5 Å². The fraction of sp³-hybridized carbons (Fsp3) is 0.0476. The molecule has 0 atom stereocenters. The van der Waals surface area contributed by atoms with Crippen molar-refractivity contribution in [2.45, 2.75) is 6.92 Å². The molecule has 2 heterocycles. The van der Waals surface area contributed by atoms with Gasteiger partial charge in [-0.3, -0.25) is 4.57 Å². The van der Waals surface area contributed by atoms with Gasteiger partial charge in [-0.1, -0.05) is 60.7 Å². The number of aryl methyl sites for hydroxylation is 1. The van der Waals surface area contributed by atoms with Crippen molar-refractivity contribution in [3.8, 4) is 5.95 Å². The molecule has 4 aromatic rings. The predicted molar refractivity (Wildman–Crippen MR) is 102 cm³/mol. The standard InChI is InChI=1S/C21H17N5/c1-16-14-26(15-24-16)21-22-12-19(13-23-21)25-20(17-8-4-2-5-9-17)18-10-6-3-7-11-18/h2-15H,1H3. The third-order valence-electron chi connectivity index (χ3n) is 3.90. The second-order valence-corrected chi connectivity index (χ2v) is 5.86. The topological polar surface area (TPSA) is 56.0 Å². The molecular formula is C21H17N5. The van der Waals surface area contributed by atoms with Gasteiger partial charge >= 0.3 is 0 Å². The molecule has 2 aromatic heterocycles. The highest BCUT2D eigenvalue weighted by Crippen LogP contribution is 2.17. The third kappa shape index (κ3) is 3.42. The van der Waals surface area contributed by atoms with Gasteiger partial charge in [-0.15, -0.1) is 0 Å². The van der Waals surface area contributed by atoms with Crippen molar-refractivity contribution >= 4 is 11.4 Å². The molecule has 26 heavy (non-hydrogen) atoms. The van der Waals surface area contributed by atoms with Gasteiger partial charge in [0.25, 0.3) is 0 Å². The van der Waals surface area contributed by atoms with E-state index in [-0.39, 0.29) is 0 Å². The summed E-state index contributed by atoms with van der Waals surface area (Å²) in [7, 11) is 0. The van der Waals surface area contributed by atoms with Crippen molar-refractivity contribution in [3.63, 3.8) is 0 Å². The first-order valence-electron chi connectivity index (χ1n) is 8.32. The summed E-state index contributed by atoms with van der Waals surface area (Å²) in [5.41, 5.74) is 4.61. The molecule has 0 radical (unpaired) electrons. The number of nitrogens with zero attached hydrogens (tertiary/aromatic N) is 5. The molecule has 0 N–H and O–H groups in total. The predicted octanol–water partition coefficient (Wildman–Crippen LogP) is 4.14. The van der Waals surface area contributed by atoms with Crippen molar-refractivity contribution in [2.24, 2.45) is 4.99 Å². The maximum atomic E-state index is 4.81. The molecule has 0 aliphatic carbocycles. The van der Waals surface area contributed by atoms with Crippen LogP contribution in [0, 0.1) is 6.92 Å². The number of hydrogen-bond donors (Lipinski definition) is 0. The lowest BCUT2D eigenvalue weighted by molar-refractivity contribution is 0.924. The van der Waals surface area contributed by atoms with Gasteiger partial charge in [0.2, 0.25) is 5.95 Å². The molecule has 0 aliphatic rings. The van der Waals surface area contributed by atoms with E-state index in [1.54, 1.807) is 23.3 Å². The van der Waals surface area contributed by atoms with Crippen LogP contribution in [-0.2, 0) is 0 Å². The molecule has 0 aliphatic heterocycles. The molecular weight excluding hydrogens is 322 g/mol. The van der Waals surface area contributed by atoms with E-state index in [0.29, 0.717) is 11.6 Å². The zero-order valence-corrected chi connectivity index (χ0v) is 14.3. The van der Waals surface area contributed by atoms with Crippen LogP contribution in [0.15, 0.2) is 90.6 Å². The lowest BCUT2D eigenvalue weighted by Crippen LogP contribution is -2.03. The minimum absolute atomic E-state index is 0.575. The highest BCUT2D eigenvalue weighted by Gasteiger charge is 2.07. The Morgan fingerprint density at radius 2 is 1.38 bits per heavy atom. The van der Waals surface area contributed by atoms with Crippen molar-refractivity contribution in [3.05, 3.63) is 102 Å². The highest BCUT2D eigenvalue weighted by atomic mass is 15.2. The van der Waals surface area contributed by atoms with E-state index in [2.05, 4.69) is 39.2 Å². The summed E-state index contributed by atoms with van der Waals surface area (Å²) in [5.74, 6) is 0.575. The average molecular weight is 339 g/mol. The van der Waals surface area contributed by atoms with E-state index < -0.39 is 0 Å². The number of rotatable bonds is 4. The molecule has 0 saturated heterocycles. The first kappa shape index (κ1) is 15.9. The van der Waals surface area contributed by atoms with Crippen LogP contribution in [0.25, 0.3) is 5.95 Å². The lowest BCUT2D eigenvalue weighted by Gasteiger charge is -2.07. The number of benzene rings is 2. The molecule has 0 saturated carbocycles. The first-order valence-corrected chi connectivity index (χ1v) is 8.32. The Morgan fingerprint density at radius 1 is 0.808 bits per heavy atom. The van der Waals surface area contributed by atoms with E-state index in [9.17, 15) is 0 Å². The summed E-state index contributed by atoms with van der Waals surface area (Å²) in [5, 5.41) is 0. The van der Waals surface area contributed by atoms with E-state index in [0.717, 1.165) is 22.5 Å². The Labute approximate surface area is 151 Å². The molecule has 5 heteroatoms. The van der Waals surface area contributed by atoms with Gasteiger partial charge in [-0.2, -0.15) is 0 Å². The van der Waals surface area contributed by atoms with Crippen molar-refractivity contribution < 1.29 is 0 Å². The van der Waals surface area contributed by atoms with Gasteiger partial charge in [0, 0.05) is 17.3 Å². The summed E-state index contributed by atoms with van der Waals surface area (Å²) >= 11 is 0. The molecule has 2 aromatic carbocycles. The van der Waals surface area contributed by atoms with E-state index in [1.165, 1.54) is 0 Å². The number of aliphatic imine (C=N–C) groups is 1. The first-order chi connectivity index (χ1) is 12.8. The van der Waals surface area contributed by atoms with Crippen LogP contribution in [0.1, 0.15) is 16.8 Å². The van der Waals surface area contributed by atoms with Gasteiger partial charge < -0.3 is 0 Å². The Kier molecular flexibility index (Phi) is 4.35. The van der Waals surface area contributed by atoms with Crippen molar-refractivity contribution in [1.82, 2.24) is 19.5 Å². The number of aromatic nitrogens is 4. The molecule has 4 rings (SSSR count). The maximum Gasteiger partial charge on any atom is 0.234 e. The molecule has 0 bridgehead atoms. The smallest absolute Gasteiger partial charge is 0.234 e. The van der Waals surface area contributed by atoms with E-state index >= 15 is 0 Å². The Morgan fingerprint density at radius 3 is 1.88 bits per heavy atom. The summed E-state index contributed by atoms with van der Waals surface area (Å²) in [4.78, 5) is 17.8. The van der Waals surface area contributed by atoms with Crippen LogP contribution in [0.4, 0.5) is 5.69 Å². The van der Waals surface area contributed by atoms with Crippen LogP contribution in [0.2, 0.25) is 0 Å². The second kappa shape index (κ2) is 7.11. The Balaban J connectivity index is 1.73. The SMILES string of the molecule is Cc1cn(-c2ncc(N=C(c3ccccc3)c3ccccc3)cn2)cn1. The molecule has 126 valence electrons. The minimum Gasteiger partial charge on any atom is -0.274 e. The quantitative estimate of drug-likeness (QED) is 0.525. The van der Waals surface area contributed by atoms with Gasteiger partial charge in [0.15, 0.2) is 0 Å². The van der Waals surface area contributed by atoms with Gasteiger partial charge in [0.05, 0.1) is 23.8 Å². The monoisotopic (exact) mass is 339 g/mol. The zero-order chi connectivity index (χ0) is 17.8. The van der Waals surface area contributed by atoms with Crippen molar-refractivity contribution in [2.75, 3.05) is 0 Å². The minimum atomic E-state index is 0.575. The summed E-state index contributed by atoms with van der Waals surface area (Å²) in [6, 6.07) is 20.2. The summed E-state index contributed by atoms with van der Waals surface area (Å²) in [6.07, 6.45) is 7.04. The van der Waals surface area contributed by atoms with Gasteiger partial charge in [-0.25, -0.2) is 19.9 Å². The van der Waals surface area contributed by atoms with Crippen LogP contribution in [0.3, 0.4) is 0 Å². The average Bonchev–Trinajstić information content (AvgIpc) is 3.14. The molecule has 5 nitrogen and oxygen atoms in total. The van der Waals surface area contributed by atoms with Crippen LogP contribution < -0.4 is 0 Å². The van der Waals surface area contributed by atoms with Crippen LogP contribution in [-0.4, -0.2) is 25.2 Å². The summed E-state index contributed by atoms with van der Waals surface area (Å²) in [6.45, 7) is 1.93. The van der Waals surface area contributed by atoms with E-state index in [4.69, 9.17) is 4.99 Å². The van der Waals surface area contributed by atoms with Crippen molar-refractivity contribution in [1.29, 1.82) is 0 Å². The maximum absolute atomic E-state index is 4.81. The molecule has 0 amide bonds. The zero-order valence-electron chi connectivity index (χ0n) is 14.3. The molecule has 0 spiro atoms. The third-order valence-corrected chi connectivity index (χ3v) is 3.90. The Hall–Kier alpha value is -3.60. The van der Waals surface area contributed by atoms with Crippen LogP contribution in [0.5, 0.6) is 0 Å². The lowest BCUT2D eigenvalue weighted by atomic mass is 10.0. The second-order valence-electron chi connectivity index (χ2n) is 5.86. The normalized spacial score (nSPS) is 10.5.